The predicted molar refractivity (Wildman–Crippen MR) is 58.0 cm³/mol. The summed E-state index contributed by atoms with van der Waals surface area (Å²) < 4.78 is 5.42. The summed E-state index contributed by atoms with van der Waals surface area (Å²) in [6.07, 6.45) is 3.12. The molecular formula is C11H22N2O. The Morgan fingerprint density at radius 3 is 2.57 bits per heavy atom. The second kappa shape index (κ2) is 8.98. The van der Waals surface area contributed by atoms with E-state index in [1.54, 1.807) is 0 Å². The van der Waals surface area contributed by atoms with E-state index in [9.17, 15) is 0 Å². The minimum atomic E-state index is 0.311. The van der Waals surface area contributed by atoms with Gasteiger partial charge in [0.25, 0.3) is 0 Å². The highest BCUT2D eigenvalue weighted by Crippen LogP contribution is 1.94. The lowest BCUT2D eigenvalue weighted by molar-refractivity contribution is 0.0759. The molecule has 3 nitrogen and oxygen atoms in total. The first-order chi connectivity index (χ1) is 6.66. The fourth-order valence-electron chi connectivity index (χ4n) is 1.10. The van der Waals surface area contributed by atoms with Crippen LogP contribution < -0.4 is 5.32 Å². The Morgan fingerprint density at radius 2 is 2.00 bits per heavy atom. The van der Waals surface area contributed by atoms with Crippen molar-refractivity contribution in [3.8, 4) is 6.07 Å². The molecule has 0 spiro atoms. The van der Waals surface area contributed by atoms with Gasteiger partial charge in [0, 0.05) is 12.6 Å². The third-order valence-corrected chi connectivity index (χ3v) is 1.91. The van der Waals surface area contributed by atoms with E-state index >= 15 is 0 Å². The summed E-state index contributed by atoms with van der Waals surface area (Å²) in [7, 11) is 0. The normalized spacial score (nSPS) is 12.8. The molecule has 0 saturated heterocycles. The molecule has 0 aliphatic carbocycles. The molecule has 1 unspecified atom stereocenters. The summed E-state index contributed by atoms with van der Waals surface area (Å²) in [5.74, 6) is 0. The molecule has 1 N–H and O–H groups in total. The second-order valence-corrected chi connectivity index (χ2v) is 3.84. The Hall–Kier alpha value is -0.590. The molecule has 0 radical (unpaired) electrons. The average Bonchev–Trinajstić information content (AvgIpc) is 2.11. The van der Waals surface area contributed by atoms with Crippen molar-refractivity contribution in [1.29, 1.82) is 5.26 Å². The lowest BCUT2D eigenvalue weighted by Crippen LogP contribution is -2.26. The van der Waals surface area contributed by atoms with Crippen LogP contribution in [0.3, 0.4) is 0 Å². The molecule has 0 aliphatic rings. The standard InChI is InChI=1S/C11H22N2O/c1-10(2)14-9-5-4-8-13-11(3)6-7-12/h10-11,13H,4-6,8-9H2,1-3H3. The molecule has 0 rings (SSSR count). The highest BCUT2D eigenvalue weighted by molar-refractivity contribution is 4.77. The minimum Gasteiger partial charge on any atom is -0.379 e. The van der Waals surface area contributed by atoms with Crippen LogP contribution in [0.5, 0.6) is 0 Å². The second-order valence-electron chi connectivity index (χ2n) is 3.84. The zero-order valence-electron chi connectivity index (χ0n) is 9.55. The van der Waals surface area contributed by atoms with Gasteiger partial charge in [0.2, 0.25) is 0 Å². The number of rotatable bonds is 8. The minimum absolute atomic E-state index is 0.311. The first-order valence-corrected chi connectivity index (χ1v) is 5.38. The first-order valence-electron chi connectivity index (χ1n) is 5.38. The highest BCUT2D eigenvalue weighted by atomic mass is 16.5. The summed E-state index contributed by atoms with van der Waals surface area (Å²) >= 11 is 0. The zero-order chi connectivity index (χ0) is 10.8. The molecule has 0 saturated carbocycles. The fraction of sp³-hybridized carbons (Fsp3) is 0.909. The van der Waals surface area contributed by atoms with E-state index in [2.05, 4.69) is 11.4 Å². The van der Waals surface area contributed by atoms with Gasteiger partial charge in [-0.2, -0.15) is 5.26 Å². The summed E-state index contributed by atoms with van der Waals surface area (Å²) in [5.41, 5.74) is 0. The topological polar surface area (TPSA) is 45.0 Å². The van der Waals surface area contributed by atoms with Gasteiger partial charge in [0.1, 0.15) is 0 Å². The quantitative estimate of drug-likeness (QED) is 0.607. The van der Waals surface area contributed by atoms with Crippen LogP contribution in [0.2, 0.25) is 0 Å². The van der Waals surface area contributed by atoms with Crippen molar-refractivity contribution >= 4 is 0 Å². The first kappa shape index (κ1) is 13.4. The van der Waals surface area contributed by atoms with E-state index in [0.29, 0.717) is 18.6 Å². The van der Waals surface area contributed by atoms with Crippen LogP contribution in [0.25, 0.3) is 0 Å². The maximum Gasteiger partial charge on any atom is 0.0638 e. The van der Waals surface area contributed by atoms with Crippen molar-refractivity contribution < 1.29 is 4.74 Å². The van der Waals surface area contributed by atoms with E-state index in [4.69, 9.17) is 10.00 Å². The van der Waals surface area contributed by atoms with E-state index in [-0.39, 0.29) is 0 Å². The Balaban J connectivity index is 3.10. The summed E-state index contributed by atoms with van der Waals surface area (Å²) in [6.45, 7) is 7.95. The van der Waals surface area contributed by atoms with Crippen LogP contribution >= 0.6 is 0 Å². The number of nitrogens with zero attached hydrogens (tertiary/aromatic N) is 1. The lowest BCUT2D eigenvalue weighted by atomic mass is 10.2. The van der Waals surface area contributed by atoms with E-state index in [0.717, 1.165) is 26.0 Å². The van der Waals surface area contributed by atoms with Crippen LogP contribution in [0.1, 0.15) is 40.0 Å². The fourth-order valence-corrected chi connectivity index (χ4v) is 1.10. The van der Waals surface area contributed by atoms with Gasteiger partial charge in [-0.1, -0.05) is 0 Å². The van der Waals surface area contributed by atoms with Gasteiger partial charge in [-0.15, -0.1) is 0 Å². The van der Waals surface area contributed by atoms with Crippen LogP contribution in [0, 0.1) is 11.3 Å². The van der Waals surface area contributed by atoms with Crippen molar-refractivity contribution in [2.45, 2.75) is 52.2 Å². The maximum absolute atomic E-state index is 8.43. The number of hydrogen-bond donors (Lipinski definition) is 1. The largest absolute Gasteiger partial charge is 0.379 e. The molecule has 3 heteroatoms. The van der Waals surface area contributed by atoms with Crippen molar-refractivity contribution in [3.63, 3.8) is 0 Å². The van der Waals surface area contributed by atoms with Crippen LogP contribution in [0.4, 0.5) is 0 Å². The summed E-state index contributed by atoms with van der Waals surface area (Å²) in [6, 6.07) is 2.46. The van der Waals surface area contributed by atoms with Crippen molar-refractivity contribution in [3.05, 3.63) is 0 Å². The summed E-state index contributed by atoms with van der Waals surface area (Å²) in [5, 5.41) is 11.7. The van der Waals surface area contributed by atoms with Crippen LogP contribution in [-0.4, -0.2) is 25.3 Å². The van der Waals surface area contributed by atoms with Gasteiger partial charge >= 0.3 is 0 Å². The summed E-state index contributed by atoms with van der Waals surface area (Å²) in [4.78, 5) is 0. The lowest BCUT2D eigenvalue weighted by Gasteiger charge is -2.10. The molecule has 0 aromatic carbocycles. The maximum atomic E-state index is 8.43. The van der Waals surface area contributed by atoms with Crippen molar-refractivity contribution in [2.24, 2.45) is 0 Å². The van der Waals surface area contributed by atoms with E-state index in [1.165, 1.54) is 0 Å². The molecule has 0 heterocycles. The number of nitrogens with one attached hydrogen (secondary N) is 1. The number of ether oxygens (including phenoxy) is 1. The molecule has 1 atom stereocenters. The van der Waals surface area contributed by atoms with Crippen LogP contribution in [-0.2, 0) is 4.74 Å². The Kier molecular flexibility index (Phi) is 8.61. The molecule has 14 heavy (non-hydrogen) atoms. The zero-order valence-corrected chi connectivity index (χ0v) is 9.55. The van der Waals surface area contributed by atoms with E-state index < -0.39 is 0 Å². The van der Waals surface area contributed by atoms with E-state index in [1.807, 2.05) is 20.8 Å². The molecule has 0 aliphatic heterocycles. The molecule has 0 aromatic heterocycles. The molecular weight excluding hydrogens is 176 g/mol. The molecule has 0 aromatic rings. The van der Waals surface area contributed by atoms with Gasteiger partial charge in [-0.05, 0) is 40.2 Å². The van der Waals surface area contributed by atoms with Gasteiger partial charge in [0.05, 0.1) is 18.6 Å². The number of nitriles is 1. The molecule has 0 bridgehead atoms. The third kappa shape index (κ3) is 9.50. The van der Waals surface area contributed by atoms with Gasteiger partial charge in [-0.3, -0.25) is 0 Å². The number of hydrogen-bond acceptors (Lipinski definition) is 3. The Bertz CT molecular complexity index is 163. The van der Waals surface area contributed by atoms with Crippen molar-refractivity contribution in [2.75, 3.05) is 13.2 Å². The molecule has 0 amide bonds. The Labute approximate surface area is 87.4 Å². The monoisotopic (exact) mass is 198 g/mol. The Morgan fingerprint density at radius 1 is 1.29 bits per heavy atom. The number of unbranched alkanes of at least 4 members (excludes halogenated alkanes) is 1. The average molecular weight is 198 g/mol. The highest BCUT2D eigenvalue weighted by Gasteiger charge is 1.98. The SMILES string of the molecule is CC(CC#N)NCCCCOC(C)C. The van der Waals surface area contributed by atoms with Gasteiger partial charge in [-0.25, -0.2) is 0 Å². The van der Waals surface area contributed by atoms with Gasteiger partial charge in [0.15, 0.2) is 0 Å². The van der Waals surface area contributed by atoms with Gasteiger partial charge < -0.3 is 10.1 Å². The van der Waals surface area contributed by atoms with Crippen LogP contribution in [0.15, 0.2) is 0 Å². The molecule has 0 fully saturated rings. The van der Waals surface area contributed by atoms with Crippen molar-refractivity contribution in [1.82, 2.24) is 5.32 Å². The third-order valence-electron chi connectivity index (χ3n) is 1.91. The predicted octanol–water partition coefficient (Wildman–Crippen LogP) is 2.08. The smallest absolute Gasteiger partial charge is 0.0638 e. The molecule has 82 valence electrons.